The Bertz CT molecular complexity index is 761. The third kappa shape index (κ3) is 1.83. The first kappa shape index (κ1) is 12.2. The van der Waals surface area contributed by atoms with Gasteiger partial charge < -0.3 is 0 Å². The summed E-state index contributed by atoms with van der Waals surface area (Å²) in [5.41, 5.74) is 8.54. The van der Waals surface area contributed by atoms with Crippen LogP contribution in [0.15, 0.2) is 47.1 Å². The van der Waals surface area contributed by atoms with E-state index >= 15 is 0 Å². The molecule has 2 aliphatic carbocycles. The van der Waals surface area contributed by atoms with Crippen LogP contribution in [0.25, 0.3) is 17.2 Å². The monoisotopic (exact) mass is 248 g/mol. The molecule has 0 atom stereocenters. The van der Waals surface area contributed by atoms with Gasteiger partial charge in [0.1, 0.15) is 0 Å². The summed E-state index contributed by atoms with van der Waals surface area (Å²) in [5.74, 6) is 0. The summed E-state index contributed by atoms with van der Waals surface area (Å²) >= 11 is 0. The first-order valence-electron chi connectivity index (χ1n) is 6.96. The van der Waals surface area contributed by atoms with Crippen molar-refractivity contribution in [2.24, 2.45) is 0 Å². The summed E-state index contributed by atoms with van der Waals surface area (Å²) in [6.07, 6.45) is 7.94. The summed E-state index contributed by atoms with van der Waals surface area (Å²) in [7, 11) is 0. The second kappa shape index (κ2) is 4.38. The molecule has 0 amide bonds. The van der Waals surface area contributed by atoms with Gasteiger partial charge in [-0.05, 0) is 78.5 Å². The van der Waals surface area contributed by atoms with Crippen LogP contribution in [0.5, 0.6) is 0 Å². The highest BCUT2D eigenvalue weighted by molar-refractivity contribution is 5.87. The van der Waals surface area contributed by atoms with Crippen LogP contribution in [0.1, 0.15) is 39.7 Å². The molecule has 0 saturated heterocycles. The largest absolute Gasteiger partial charge is 0.0798 e. The lowest BCUT2D eigenvalue weighted by atomic mass is 9.97. The molecule has 3 rings (SSSR count). The number of rotatable bonds is 1. The van der Waals surface area contributed by atoms with E-state index in [1.807, 2.05) is 0 Å². The van der Waals surface area contributed by atoms with E-state index in [-0.39, 0.29) is 0 Å². The molecule has 0 bridgehead atoms. The number of hydrogen-bond donors (Lipinski definition) is 0. The first-order valence-corrected chi connectivity index (χ1v) is 6.96. The highest BCUT2D eigenvalue weighted by Gasteiger charge is 2.18. The minimum Gasteiger partial charge on any atom is -0.0798 e. The standard InChI is InChI=1S/C19H20/c1-12(2)16-9-6-8-15-11-18(14(4)19(15)16)17-10-5-7-13(17)3/h5-9,11H,10H2,1-4H3. The topological polar surface area (TPSA) is 0 Å². The fourth-order valence-corrected chi connectivity index (χ4v) is 3.18. The molecule has 0 N–H and O–H groups in total. The molecule has 0 saturated carbocycles. The molecule has 1 aromatic carbocycles. The zero-order chi connectivity index (χ0) is 13.6. The zero-order valence-electron chi connectivity index (χ0n) is 12.2. The lowest BCUT2D eigenvalue weighted by molar-refractivity contribution is 1.26. The maximum atomic E-state index is 2.36. The molecular weight excluding hydrogens is 228 g/mol. The second-order valence-corrected chi connectivity index (χ2v) is 5.72. The van der Waals surface area contributed by atoms with Crippen molar-refractivity contribution in [2.45, 2.75) is 34.1 Å². The summed E-state index contributed by atoms with van der Waals surface area (Å²) in [4.78, 5) is 0. The predicted octanol–water partition coefficient (Wildman–Crippen LogP) is 3.72. The smallest absolute Gasteiger partial charge is 0.00765 e. The van der Waals surface area contributed by atoms with Crippen LogP contribution in [0.4, 0.5) is 0 Å². The van der Waals surface area contributed by atoms with Crippen LogP contribution in [0.2, 0.25) is 0 Å². The molecule has 0 aliphatic heterocycles. The maximum absolute atomic E-state index is 2.36. The van der Waals surface area contributed by atoms with Crippen LogP contribution in [0.3, 0.4) is 0 Å². The average molecular weight is 248 g/mol. The number of hydrogen-bond acceptors (Lipinski definition) is 0. The van der Waals surface area contributed by atoms with Crippen molar-refractivity contribution in [2.75, 3.05) is 0 Å². The molecule has 0 heteroatoms. The minimum absolute atomic E-state index is 1.08. The van der Waals surface area contributed by atoms with Crippen molar-refractivity contribution in [3.8, 4) is 0 Å². The highest BCUT2D eigenvalue weighted by atomic mass is 14.2. The van der Waals surface area contributed by atoms with Crippen molar-refractivity contribution < 1.29 is 0 Å². The minimum atomic E-state index is 1.08. The number of allylic oxidation sites excluding steroid dienone is 5. The molecule has 19 heavy (non-hydrogen) atoms. The van der Waals surface area contributed by atoms with Crippen LogP contribution in [-0.2, 0) is 0 Å². The van der Waals surface area contributed by atoms with Crippen molar-refractivity contribution in [3.63, 3.8) is 0 Å². The Balaban J connectivity index is 2.30. The Morgan fingerprint density at radius 2 is 1.89 bits per heavy atom. The summed E-state index contributed by atoms with van der Waals surface area (Å²) in [5, 5.41) is 2.83. The molecule has 0 radical (unpaired) electrons. The summed E-state index contributed by atoms with van der Waals surface area (Å²) in [6, 6.07) is 6.64. The Morgan fingerprint density at radius 3 is 2.53 bits per heavy atom. The van der Waals surface area contributed by atoms with Crippen LogP contribution in [-0.4, -0.2) is 0 Å². The van der Waals surface area contributed by atoms with E-state index < -0.39 is 0 Å². The van der Waals surface area contributed by atoms with Gasteiger partial charge in [0.05, 0.1) is 0 Å². The van der Waals surface area contributed by atoms with Crippen molar-refractivity contribution >= 4 is 17.2 Å². The fourth-order valence-electron chi connectivity index (χ4n) is 3.18. The van der Waals surface area contributed by atoms with Crippen molar-refractivity contribution in [1.29, 1.82) is 0 Å². The lowest BCUT2D eigenvalue weighted by Gasteiger charge is -2.07. The van der Waals surface area contributed by atoms with Gasteiger partial charge >= 0.3 is 0 Å². The normalized spacial score (nSPS) is 17.1. The Labute approximate surface area is 115 Å². The van der Waals surface area contributed by atoms with E-state index in [4.69, 9.17) is 0 Å². The van der Waals surface area contributed by atoms with E-state index in [9.17, 15) is 0 Å². The van der Waals surface area contributed by atoms with E-state index in [0.29, 0.717) is 0 Å². The first-order chi connectivity index (χ1) is 9.09. The Hall–Kier alpha value is -1.82. The van der Waals surface area contributed by atoms with Crippen LogP contribution >= 0.6 is 0 Å². The third-order valence-corrected chi connectivity index (χ3v) is 4.21. The molecule has 2 aliphatic rings. The zero-order valence-corrected chi connectivity index (χ0v) is 12.2. The molecular formula is C19H20. The second-order valence-electron chi connectivity index (χ2n) is 5.72. The summed E-state index contributed by atoms with van der Waals surface area (Å²) < 4.78 is 0. The predicted molar refractivity (Wildman–Crippen MR) is 84.0 cm³/mol. The van der Waals surface area contributed by atoms with Gasteiger partial charge in [-0.15, -0.1) is 0 Å². The Kier molecular flexibility index (Phi) is 2.82. The average Bonchev–Trinajstić information content (AvgIpc) is 2.93. The number of benzene rings is 1. The quantitative estimate of drug-likeness (QED) is 0.710. The van der Waals surface area contributed by atoms with Gasteiger partial charge in [-0.3, -0.25) is 0 Å². The van der Waals surface area contributed by atoms with E-state index in [2.05, 4.69) is 64.1 Å². The van der Waals surface area contributed by atoms with Gasteiger partial charge in [0.15, 0.2) is 0 Å². The lowest BCUT2D eigenvalue weighted by Crippen LogP contribution is -2.28. The van der Waals surface area contributed by atoms with Gasteiger partial charge in [-0.25, -0.2) is 0 Å². The summed E-state index contributed by atoms with van der Waals surface area (Å²) in [6.45, 7) is 8.88. The van der Waals surface area contributed by atoms with Gasteiger partial charge in [0, 0.05) is 0 Å². The van der Waals surface area contributed by atoms with Gasteiger partial charge in [0.25, 0.3) is 0 Å². The highest BCUT2D eigenvalue weighted by Crippen LogP contribution is 2.33. The molecule has 1 aromatic rings. The van der Waals surface area contributed by atoms with Crippen LogP contribution in [0, 0.1) is 0 Å². The van der Waals surface area contributed by atoms with Gasteiger partial charge in [-0.1, -0.05) is 35.9 Å². The van der Waals surface area contributed by atoms with Crippen LogP contribution < -0.4 is 10.4 Å². The van der Waals surface area contributed by atoms with E-state index in [1.54, 1.807) is 0 Å². The molecule has 96 valence electrons. The maximum Gasteiger partial charge on any atom is -0.00765 e. The molecule has 0 unspecified atom stereocenters. The van der Waals surface area contributed by atoms with Gasteiger partial charge in [-0.2, -0.15) is 0 Å². The molecule has 0 aromatic heterocycles. The fraction of sp³-hybridized carbons (Fsp3) is 0.263. The Morgan fingerprint density at radius 1 is 1.11 bits per heavy atom. The van der Waals surface area contributed by atoms with Crippen molar-refractivity contribution in [3.05, 3.63) is 63.1 Å². The van der Waals surface area contributed by atoms with E-state index in [1.165, 1.54) is 43.9 Å². The molecule has 0 fully saturated rings. The molecule has 0 heterocycles. The number of fused-ring (bicyclic) bond motifs is 1. The van der Waals surface area contributed by atoms with Crippen molar-refractivity contribution in [1.82, 2.24) is 0 Å². The SMILES string of the molecule is CC1=C(C2=Cc3cccc(=C(C)C)c3=C2C)CC=C1. The third-order valence-electron chi connectivity index (χ3n) is 4.21. The molecule has 0 nitrogen and oxygen atoms in total. The molecule has 0 spiro atoms. The van der Waals surface area contributed by atoms with Gasteiger partial charge in [0.2, 0.25) is 0 Å². The van der Waals surface area contributed by atoms with E-state index in [0.717, 1.165) is 6.42 Å².